The lowest BCUT2D eigenvalue weighted by molar-refractivity contribution is -0.0425. The molecular weight excluding hydrogens is 466 g/mol. The zero-order valence-corrected chi connectivity index (χ0v) is 18.1. The zero-order chi connectivity index (χ0) is 23.2. The molecule has 8 N–H and O–H groups in total. The Labute approximate surface area is 177 Å². The first-order chi connectivity index (χ1) is 14.6. The fourth-order valence-corrected chi connectivity index (χ4v) is 4.34. The molecule has 18 heteroatoms. The lowest BCUT2D eigenvalue weighted by Crippen LogP contribution is -2.42. The van der Waals surface area contributed by atoms with Gasteiger partial charge in [0.25, 0.3) is 0 Å². The van der Waals surface area contributed by atoms with Crippen LogP contribution in [0.1, 0.15) is 0 Å². The van der Waals surface area contributed by atoms with E-state index < -0.39 is 78.4 Å². The van der Waals surface area contributed by atoms with Crippen molar-refractivity contribution >= 4 is 28.8 Å². The predicted octanol–water partition coefficient (Wildman–Crippen LogP) is -2.53. The molecule has 0 aliphatic carbocycles. The third kappa shape index (κ3) is 6.99. The van der Waals surface area contributed by atoms with Gasteiger partial charge in [0.05, 0.1) is 25.9 Å². The minimum absolute atomic E-state index is 0.484. The van der Waals surface area contributed by atoms with Crippen LogP contribution in [0.5, 0.6) is 0 Å². The Kier molecular flexibility index (Phi) is 9.95. The van der Waals surface area contributed by atoms with Crippen molar-refractivity contribution < 1.29 is 56.9 Å². The van der Waals surface area contributed by atoms with Gasteiger partial charge in [-0.3, -0.25) is 24.4 Å². The molecule has 0 bridgehead atoms. The number of aliphatic hydroxyl groups is 2. The number of phosphoric ester groups is 1. The SMILES string of the molecule is COC1C(OP(=O)(O)OC[C@H]2O[C@@H](NC=N)C(O)C2O)[C@@H](CO[PH](=O)O)O[C@H]1NC=N. The first-order valence-electron chi connectivity index (χ1n) is 8.84. The van der Waals surface area contributed by atoms with Gasteiger partial charge in [-0.05, 0) is 0 Å². The molecule has 0 saturated carbocycles. The maximum atomic E-state index is 12.5. The van der Waals surface area contributed by atoms with Gasteiger partial charge in [0, 0.05) is 7.11 Å². The zero-order valence-electron chi connectivity index (χ0n) is 16.2. The summed E-state index contributed by atoms with van der Waals surface area (Å²) in [5.74, 6) is 0. The molecular formula is C13H26N4O12P2. The van der Waals surface area contributed by atoms with Gasteiger partial charge >= 0.3 is 16.1 Å². The molecule has 0 aromatic rings. The highest BCUT2D eigenvalue weighted by Gasteiger charge is 2.50. The largest absolute Gasteiger partial charge is 0.472 e. The average Bonchev–Trinajstić information content (AvgIpc) is 3.16. The van der Waals surface area contributed by atoms with Crippen LogP contribution in [-0.4, -0.2) is 102 Å². The maximum absolute atomic E-state index is 12.5. The van der Waals surface area contributed by atoms with Crippen LogP contribution < -0.4 is 10.6 Å². The first kappa shape index (κ1) is 26.3. The molecule has 2 aliphatic heterocycles. The molecule has 2 rings (SSSR count). The second-order valence-corrected chi connectivity index (χ2v) is 8.63. The molecule has 2 aliphatic rings. The van der Waals surface area contributed by atoms with E-state index in [1.54, 1.807) is 0 Å². The summed E-state index contributed by atoms with van der Waals surface area (Å²) in [5, 5.41) is 38.7. The van der Waals surface area contributed by atoms with Gasteiger partial charge in [0.2, 0.25) is 0 Å². The van der Waals surface area contributed by atoms with Crippen molar-refractivity contribution in [2.75, 3.05) is 20.3 Å². The number of hydrogen-bond donors (Lipinski definition) is 8. The second-order valence-electron chi connectivity index (χ2n) is 6.41. The Morgan fingerprint density at radius 2 is 1.68 bits per heavy atom. The number of hydrogen-bond acceptors (Lipinski definition) is 12. The van der Waals surface area contributed by atoms with E-state index in [2.05, 4.69) is 15.2 Å². The van der Waals surface area contributed by atoms with Gasteiger partial charge in [0.15, 0.2) is 12.5 Å². The summed E-state index contributed by atoms with van der Waals surface area (Å²) < 4.78 is 53.9. The third-order valence-corrected chi connectivity index (χ3v) is 5.87. The van der Waals surface area contributed by atoms with Gasteiger partial charge in [-0.2, -0.15) is 0 Å². The molecule has 2 heterocycles. The second kappa shape index (κ2) is 11.7. The standard InChI is InChI=1S/C13H26N4O12P2/c1-24-11-10(7(2-25-30(20)21)28-13(11)17-5-15)29-31(22,23)26-3-6-8(18)9(19)12(27-6)16-4-14/h4-13,18-19,30H,2-3H2,1H3,(H2,14,16)(H2,15,17)(H,20,21)(H,22,23)/t6-,7-,8?,9?,10?,11?,12-,13-/m1/s1. The highest BCUT2D eigenvalue weighted by molar-refractivity contribution is 7.47. The summed E-state index contributed by atoms with van der Waals surface area (Å²) in [6.45, 7) is -1.14. The summed E-state index contributed by atoms with van der Waals surface area (Å²) in [4.78, 5) is 19.0. The van der Waals surface area contributed by atoms with E-state index in [1.807, 2.05) is 0 Å². The highest BCUT2D eigenvalue weighted by atomic mass is 31.2. The Hall–Kier alpha value is -1.00. The van der Waals surface area contributed by atoms with Gasteiger partial charge in [-0.25, -0.2) is 4.57 Å². The molecule has 180 valence electrons. The van der Waals surface area contributed by atoms with Gasteiger partial charge in [-0.1, -0.05) is 0 Å². The van der Waals surface area contributed by atoms with Crippen molar-refractivity contribution in [3.8, 4) is 0 Å². The number of ether oxygens (including phenoxy) is 3. The van der Waals surface area contributed by atoms with Crippen LogP contribution in [0.25, 0.3) is 0 Å². The van der Waals surface area contributed by atoms with Gasteiger partial charge in [-0.15, -0.1) is 0 Å². The molecule has 0 aromatic heterocycles. The van der Waals surface area contributed by atoms with E-state index in [0.29, 0.717) is 0 Å². The summed E-state index contributed by atoms with van der Waals surface area (Å²) in [7, 11) is -6.90. The monoisotopic (exact) mass is 492 g/mol. The highest BCUT2D eigenvalue weighted by Crippen LogP contribution is 2.48. The van der Waals surface area contributed by atoms with Gasteiger partial charge in [0.1, 0.15) is 36.6 Å². The Balaban J connectivity index is 2.03. The van der Waals surface area contributed by atoms with E-state index >= 15 is 0 Å². The Bertz CT molecular complexity index is 689. The molecule has 0 radical (unpaired) electrons. The van der Waals surface area contributed by atoms with E-state index in [0.717, 1.165) is 12.7 Å². The number of phosphoric acid groups is 1. The smallest absolute Gasteiger partial charge is 0.387 e. The molecule has 10 atom stereocenters. The van der Waals surface area contributed by atoms with Crippen molar-refractivity contribution in [2.24, 2.45) is 0 Å². The average molecular weight is 492 g/mol. The molecule has 0 amide bonds. The van der Waals surface area contributed by atoms with E-state index in [1.165, 1.54) is 7.11 Å². The van der Waals surface area contributed by atoms with Crippen molar-refractivity contribution in [3.05, 3.63) is 0 Å². The quantitative estimate of drug-likeness (QED) is 0.0751. The van der Waals surface area contributed by atoms with E-state index in [-0.39, 0.29) is 0 Å². The van der Waals surface area contributed by atoms with Crippen molar-refractivity contribution in [2.45, 2.75) is 49.1 Å². The minimum Gasteiger partial charge on any atom is -0.387 e. The van der Waals surface area contributed by atoms with Gasteiger partial charge < -0.3 is 49.4 Å². The van der Waals surface area contributed by atoms with Crippen LogP contribution in [0.4, 0.5) is 0 Å². The van der Waals surface area contributed by atoms with Crippen LogP contribution in [0, 0.1) is 10.8 Å². The lowest BCUT2D eigenvalue weighted by Gasteiger charge is -2.25. The van der Waals surface area contributed by atoms with Crippen LogP contribution in [0.15, 0.2) is 0 Å². The van der Waals surface area contributed by atoms with E-state index in [4.69, 9.17) is 39.0 Å². The third-order valence-electron chi connectivity index (χ3n) is 4.47. The molecule has 6 unspecified atom stereocenters. The maximum Gasteiger partial charge on any atom is 0.472 e. The lowest BCUT2D eigenvalue weighted by atomic mass is 10.1. The summed E-state index contributed by atoms with van der Waals surface area (Å²) in [5.41, 5.74) is 0. The molecule has 2 saturated heterocycles. The normalized spacial score (nSPS) is 38.4. The van der Waals surface area contributed by atoms with Crippen LogP contribution in [0.3, 0.4) is 0 Å². The molecule has 2 fully saturated rings. The van der Waals surface area contributed by atoms with Crippen molar-refractivity contribution in [3.63, 3.8) is 0 Å². The summed E-state index contributed by atoms with van der Waals surface area (Å²) >= 11 is 0. The first-order valence-corrected chi connectivity index (χ1v) is 11.6. The van der Waals surface area contributed by atoms with Crippen molar-refractivity contribution in [1.29, 1.82) is 10.8 Å². The van der Waals surface area contributed by atoms with Crippen LogP contribution >= 0.6 is 16.1 Å². The molecule has 16 nitrogen and oxygen atoms in total. The fraction of sp³-hybridized carbons (Fsp3) is 0.846. The number of rotatable bonds is 13. The topological polar surface area (TPSA) is 242 Å². The van der Waals surface area contributed by atoms with Crippen LogP contribution in [-0.2, 0) is 36.9 Å². The summed E-state index contributed by atoms with van der Waals surface area (Å²) in [6, 6.07) is 0. The predicted molar refractivity (Wildman–Crippen MR) is 102 cm³/mol. The number of methoxy groups -OCH3 is 1. The molecule has 0 spiro atoms. The van der Waals surface area contributed by atoms with Crippen molar-refractivity contribution in [1.82, 2.24) is 10.6 Å². The summed E-state index contributed by atoms with van der Waals surface area (Å²) in [6.07, 6.45) is -8.13. The van der Waals surface area contributed by atoms with E-state index in [9.17, 15) is 24.2 Å². The Morgan fingerprint density at radius 1 is 1.06 bits per heavy atom. The number of nitrogens with one attached hydrogen (secondary N) is 4. The molecule has 31 heavy (non-hydrogen) atoms. The number of aliphatic hydroxyl groups excluding tert-OH is 2. The van der Waals surface area contributed by atoms with Crippen LogP contribution in [0.2, 0.25) is 0 Å². The fourth-order valence-electron chi connectivity index (χ4n) is 3.07. The Morgan fingerprint density at radius 3 is 2.26 bits per heavy atom. The molecule has 0 aromatic carbocycles. The minimum atomic E-state index is -4.83.